The largest absolute Gasteiger partial charge is 0.469 e. The third-order valence-corrected chi connectivity index (χ3v) is 3.92. The molecular formula is C16H23BN2O4. The molecule has 1 aromatic carbocycles. The zero-order chi connectivity index (χ0) is 16.8. The van der Waals surface area contributed by atoms with E-state index in [9.17, 15) is 9.59 Å². The first kappa shape index (κ1) is 17.5. The van der Waals surface area contributed by atoms with E-state index in [0.717, 1.165) is 23.2 Å². The molecular weight excluding hydrogens is 295 g/mol. The Morgan fingerprint density at radius 1 is 1.43 bits per heavy atom. The fourth-order valence-electron chi connectivity index (χ4n) is 2.75. The Labute approximate surface area is 136 Å². The van der Waals surface area contributed by atoms with Gasteiger partial charge in [-0.2, -0.15) is 0 Å². The molecule has 1 aliphatic rings. The van der Waals surface area contributed by atoms with Crippen molar-refractivity contribution >= 4 is 24.6 Å². The van der Waals surface area contributed by atoms with Gasteiger partial charge in [0.1, 0.15) is 0 Å². The Bertz CT molecular complexity index is 577. The molecule has 2 N–H and O–H groups in total. The molecule has 0 saturated heterocycles. The lowest BCUT2D eigenvalue weighted by Gasteiger charge is -2.17. The van der Waals surface area contributed by atoms with Crippen LogP contribution in [0.2, 0.25) is 6.82 Å². The average molecular weight is 318 g/mol. The van der Waals surface area contributed by atoms with Crippen LogP contribution in [0.1, 0.15) is 24.0 Å². The number of nitrogens with zero attached hydrogens (tertiary/aromatic N) is 1. The molecule has 1 aromatic rings. The van der Waals surface area contributed by atoms with Crippen LogP contribution in [0.4, 0.5) is 5.69 Å². The second-order valence-electron chi connectivity index (χ2n) is 5.75. The van der Waals surface area contributed by atoms with E-state index >= 15 is 0 Å². The minimum absolute atomic E-state index is 0.0943. The molecule has 0 unspecified atom stereocenters. The molecule has 6 nitrogen and oxygen atoms in total. The minimum atomic E-state index is -0.550. The van der Waals surface area contributed by atoms with Gasteiger partial charge in [-0.05, 0) is 43.4 Å². The second-order valence-corrected chi connectivity index (χ2v) is 5.75. The quantitative estimate of drug-likeness (QED) is 0.441. The Balaban J connectivity index is 1.93. The van der Waals surface area contributed by atoms with Gasteiger partial charge in [-0.3, -0.25) is 9.59 Å². The SMILES string of the molecule is COC(=O)Cc1ccc2c(c1)CCN2C(=O)CCCNB(C)O. The summed E-state index contributed by atoms with van der Waals surface area (Å²) in [6.45, 7) is 2.95. The number of ether oxygens (including phenoxy) is 1. The first-order valence-electron chi connectivity index (χ1n) is 7.91. The topological polar surface area (TPSA) is 78.9 Å². The van der Waals surface area contributed by atoms with E-state index in [1.807, 2.05) is 18.2 Å². The Morgan fingerprint density at radius 2 is 2.22 bits per heavy atom. The molecule has 0 saturated carbocycles. The van der Waals surface area contributed by atoms with Crippen molar-refractivity contribution < 1.29 is 19.3 Å². The lowest BCUT2D eigenvalue weighted by Crippen LogP contribution is -2.33. The highest BCUT2D eigenvalue weighted by molar-refractivity contribution is 6.45. The molecule has 0 radical (unpaired) electrons. The summed E-state index contributed by atoms with van der Waals surface area (Å²) in [6.07, 6.45) is 2.20. The van der Waals surface area contributed by atoms with Crippen LogP contribution >= 0.6 is 0 Å². The summed E-state index contributed by atoms with van der Waals surface area (Å²) < 4.78 is 4.68. The van der Waals surface area contributed by atoms with Crippen molar-refractivity contribution in [2.45, 2.75) is 32.5 Å². The molecule has 1 heterocycles. The number of hydrogen-bond donors (Lipinski definition) is 2. The molecule has 0 spiro atoms. The van der Waals surface area contributed by atoms with Crippen LogP contribution in [0, 0.1) is 0 Å². The Morgan fingerprint density at radius 3 is 2.91 bits per heavy atom. The van der Waals surface area contributed by atoms with Crippen LogP contribution in [0.3, 0.4) is 0 Å². The molecule has 7 heteroatoms. The van der Waals surface area contributed by atoms with Gasteiger partial charge in [0.25, 0.3) is 0 Å². The van der Waals surface area contributed by atoms with Gasteiger partial charge in [-0.1, -0.05) is 12.1 Å². The summed E-state index contributed by atoms with van der Waals surface area (Å²) in [5.41, 5.74) is 2.94. The molecule has 0 aliphatic carbocycles. The van der Waals surface area contributed by atoms with E-state index in [2.05, 4.69) is 9.96 Å². The third-order valence-electron chi connectivity index (χ3n) is 3.92. The maximum absolute atomic E-state index is 12.3. The summed E-state index contributed by atoms with van der Waals surface area (Å²) >= 11 is 0. The number of rotatable bonds is 7. The number of esters is 1. The zero-order valence-corrected chi connectivity index (χ0v) is 13.7. The normalized spacial score (nSPS) is 12.9. The predicted molar refractivity (Wildman–Crippen MR) is 89.3 cm³/mol. The predicted octanol–water partition coefficient (Wildman–Crippen LogP) is 0.771. The summed E-state index contributed by atoms with van der Waals surface area (Å²) in [5, 5.41) is 12.0. The van der Waals surface area contributed by atoms with Gasteiger partial charge >= 0.3 is 13.0 Å². The van der Waals surface area contributed by atoms with Crippen molar-refractivity contribution in [1.29, 1.82) is 0 Å². The maximum Gasteiger partial charge on any atom is 0.373 e. The van der Waals surface area contributed by atoms with E-state index in [0.29, 0.717) is 25.9 Å². The Kier molecular flexibility index (Phi) is 6.18. The third kappa shape index (κ3) is 4.81. The monoisotopic (exact) mass is 318 g/mol. The number of fused-ring (bicyclic) bond motifs is 1. The van der Waals surface area contributed by atoms with Gasteiger partial charge in [0, 0.05) is 18.7 Å². The molecule has 124 valence electrons. The number of amides is 1. The van der Waals surface area contributed by atoms with Gasteiger partial charge in [0.2, 0.25) is 5.91 Å². The van der Waals surface area contributed by atoms with E-state index in [4.69, 9.17) is 5.02 Å². The van der Waals surface area contributed by atoms with Crippen molar-refractivity contribution in [1.82, 2.24) is 5.23 Å². The van der Waals surface area contributed by atoms with Gasteiger partial charge in [0.15, 0.2) is 0 Å². The minimum Gasteiger partial charge on any atom is -0.469 e. The second kappa shape index (κ2) is 8.13. The molecule has 1 amide bonds. The van der Waals surface area contributed by atoms with Crippen LogP contribution in [-0.2, 0) is 27.2 Å². The number of nitrogens with one attached hydrogen (secondary N) is 1. The number of anilines is 1. The van der Waals surface area contributed by atoms with Gasteiger partial charge in [0.05, 0.1) is 13.5 Å². The molecule has 0 atom stereocenters. The van der Waals surface area contributed by atoms with Crippen LogP contribution < -0.4 is 10.1 Å². The molecule has 0 aromatic heterocycles. The molecule has 0 fully saturated rings. The van der Waals surface area contributed by atoms with E-state index in [1.54, 1.807) is 11.7 Å². The smallest absolute Gasteiger partial charge is 0.373 e. The first-order valence-corrected chi connectivity index (χ1v) is 7.91. The van der Waals surface area contributed by atoms with Crippen molar-refractivity contribution in [2.24, 2.45) is 0 Å². The Hall–Kier alpha value is -1.86. The molecule has 0 bridgehead atoms. The molecule has 23 heavy (non-hydrogen) atoms. The summed E-state index contributed by atoms with van der Waals surface area (Å²) in [5.74, 6) is -0.168. The molecule has 1 aliphatic heterocycles. The van der Waals surface area contributed by atoms with E-state index < -0.39 is 7.05 Å². The summed E-state index contributed by atoms with van der Waals surface area (Å²) in [6, 6.07) is 5.76. The zero-order valence-electron chi connectivity index (χ0n) is 13.7. The van der Waals surface area contributed by atoms with E-state index in [-0.39, 0.29) is 18.3 Å². The highest BCUT2D eigenvalue weighted by atomic mass is 16.5. The summed E-state index contributed by atoms with van der Waals surface area (Å²) in [4.78, 5) is 25.5. The van der Waals surface area contributed by atoms with Gasteiger partial charge < -0.3 is 19.9 Å². The first-order chi connectivity index (χ1) is 11.0. The van der Waals surface area contributed by atoms with Gasteiger partial charge in [-0.15, -0.1) is 0 Å². The highest BCUT2D eigenvalue weighted by Gasteiger charge is 2.24. The number of hydrogen-bond acceptors (Lipinski definition) is 5. The lowest BCUT2D eigenvalue weighted by molar-refractivity contribution is -0.139. The summed E-state index contributed by atoms with van der Waals surface area (Å²) in [7, 11) is 0.827. The average Bonchev–Trinajstić information content (AvgIpc) is 2.94. The van der Waals surface area contributed by atoms with Crippen molar-refractivity contribution in [3.8, 4) is 0 Å². The number of methoxy groups -OCH3 is 1. The number of carbonyl (C=O) groups excluding carboxylic acids is 2. The van der Waals surface area contributed by atoms with Crippen LogP contribution in [0.15, 0.2) is 18.2 Å². The lowest BCUT2D eigenvalue weighted by atomic mass is 9.89. The number of benzene rings is 1. The van der Waals surface area contributed by atoms with Crippen molar-refractivity contribution in [2.75, 3.05) is 25.1 Å². The van der Waals surface area contributed by atoms with Crippen LogP contribution in [0.5, 0.6) is 0 Å². The molecule has 2 rings (SSSR count). The number of carbonyl (C=O) groups is 2. The van der Waals surface area contributed by atoms with Crippen LogP contribution in [0.25, 0.3) is 0 Å². The van der Waals surface area contributed by atoms with Crippen molar-refractivity contribution in [3.63, 3.8) is 0 Å². The fourth-order valence-corrected chi connectivity index (χ4v) is 2.75. The fraction of sp³-hybridized carbons (Fsp3) is 0.500. The van der Waals surface area contributed by atoms with Crippen molar-refractivity contribution in [3.05, 3.63) is 29.3 Å². The maximum atomic E-state index is 12.3. The standard InChI is InChI=1S/C16H23BN2O4/c1-17(22)18-8-3-4-15(20)19-9-7-13-10-12(5-6-14(13)19)11-16(21)23-2/h5-6,10,18,22H,3-4,7-9,11H2,1-2H3. The van der Waals surface area contributed by atoms with Crippen LogP contribution in [-0.4, -0.2) is 44.2 Å². The highest BCUT2D eigenvalue weighted by Crippen LogP contribution is 2.29. The van der Waals surface area contributed by atoms with Gasteiger partial charge in [-0.25, -0.2) is 0 Å². The van der Waals surface area contributed by atoms with E-state index in [1.165, 1.54) is 7.11 Å².